The summed E-state index contributed by atoms with van der Waals surface area (Å²) in [5.41, 5.74) is 6.76. The number of nitrogens with two attached hydrogens (primary N) is 1. The van der Waals surface area contributed by atoms with Crippen LogP contribution in [0.5, 0.6) is 0 Å². The van der Waals surface area contributed by atoms with Crippen molar-refractivity contribution in [3.8, 4) is 0 Å². The second-order valence-corrected chi connectivity index (χ2v) is 5.91. The van der Waals surface area contributed by atoms with E-state index in [9.17, 15) is 18.7 Å². The molecule has 0 radical (unpaired) electrons. The molecule has 2 rings (SSSR count). The molecule has 2 aromatic carbocycles. The maximum absolute atomic E-state index is 13.3. The van der Waals surface area contributed by atoms with Gasteiger partial charge in [-0.1, -0.05) is 6.07 Å². The fourth-order valence-electron chi connectivity index (χ4n) is 1.94. The SMILES string of the molecule is Cc1c(N)cccc1S(=O)Cc1cc(F)ccc1[N+](=O)[O-]. The first-order valence-corrected chi connectivity index (χ1v) is 7.38. The molecule has 0 aromatic heterocycles. The van der Waals surface area contributed by atoms with Crippen LogP contribution in [-0.2, 0) is 16.6 Å². The Morgan fingerprint density at radius 3 is 2.71 bits per heavy atom. The first kappa shape index (κ1) is 15.1. The molecule has 7 heteroatoms. The Morgan fingerprint density at radius 2 is 2.05 bits per heavy atom. The normalized spacial score (nSPS) is 12.1. The molecule has 0 bridgehead atoms. The van der Waals surface area contributed by atoms with Crippen LogP contribution >= 0.6 is 0 Å². The highest BCUT2D eigenvalue weighted by Gasteiger charge is 2.18. The van der Waals surface area contributed by atoms with Crippen LogP contribution in [0.25, 0.3) is 0 Å². The molecule has 0 amide bonds. The topological polar surface area (TPSA) is 86.2 Å². The summed E-state index contributed by atoms with van der Waals surface area (Å²) in [6.07, 6.45) is 0. The lowest BCUT2D eigenvalue weighted by molar-refractivity contribution is -0.385. The third kappa shape index (κ3) is 3.25. The Hall–Kier alpha value is -2.28. The van der Waals surface area contributed by atoms with Gasteiger partial charge in [-0.25, -0.2) is 4.39 Å². The summed E-state index contributed by atoms with van der Waals surface area (Å²) in [5, 5.41) is 10.9. The van der Waals surface area contributed by atoms with Crippen molar-refractivity contribution < 1.29 is 13.5 Å². The van der Waals surface area contributed by atoms with E-state index in [-0.39, 0.29) is 17.0 Å². The molecule has 21 heavy (non-hydrogen) atoms. The second kappa shape index (κ2) is 6.01. The van der Waals surface area contributed by atoms with Crippen LogP contribution in [0.3, 0.4) is 0 Å². The molecule has 0 fully saturated rings. The van der Waals surface area contributed by atoms with Crippen molar-refractivity contribution in [1.29, 1.82) is 0 Å². The fraction of sp³-hybridized carbons (Fsp3) is 0.143. The molecular formula is C14H13FN2O3S. The molecule has 110 valence electrons. The number of nitrogens with zero attached hydrogens (tertiary/aromatic N) is 1. The maximum Gasteiger partial charge on any atom is 0.273 e. The van der Waals surface area contributed by atoms with Crippen molar-refractivity contribution >= 4 is 22.2 Å². The van der Waals surface area contributed by atoms with Gasteiger partial charge in [0, 0.05) is 22.2 Å². The summed E-state index contributed by atoms with van der Waals surface area (Å²) in [4.78, 5) is 10.8. The third-order valence-corrected chi connectivity index (χ3v) is 4.60. The Balaban J connectivity index is 2.38. The number of hydrogen-bond acceptors (Lipinski definition) is 4. The predicted octanol–water partition coefficient (Wildman–Crippen LogP) is 2.93. The van der Waals surface area contributed by atoms with Crippen LogP contribution in [0.4, 0.5) is 15.8 Å². The summed E-state index contributed by atoms with van der Waals surface area (Å²) in [6.45, 7) is 1.72. The average Bonchev–Trinajstić information content (AvgIpc) is 2.41. The highest BCUT2D eigenvalue weighted by molar-refractivity contribution is 7.84. The number of hydrogen-bond donors (Lipinski definition) is 1. The summed E-state index contributed by atoms with van der Waals surface area (Å²) in [7, 11) is -1.54. The standard InChI is InChI=1S/C14H13FN2O3S/c1-9-12(16)3-2-4-14(9)21(20)8-10-7-11(15)5-6-13(10)17(18)19/h2-7H,8,16H2,1H3. The molecular weight excluding hydrogens is 295 g/mol. The molecule has 1 atom stereocenters. The van der Waals surface area contributed by atoms with Gasteiger partial charge < -0.3 is 5.73 Å². The van der Waals surface area contributed by atoms with E-state index in [1.165, 1.54) is 0 Å². The number of rotatable bonds is 4. The summed E-state index contributed by atoms with van der Waals surface area (Å²) in [5.74, 6) is -0.741. The highest BCUT2D eigenvalue weighted by atomic mass is 32.2. The molecule has 0 spiro atoms. The van der Waals surface area contributed by atoms with Crippen molar-refractivity contribution in [1.82, 2.24) is 0 Å². The van der Waals surface area contributed by atoms with Crippen LogP contribution in [0.2, 0.25) is 0 Å². The predicted molar refractivity (Wildman–Crippen MR) is 78.8 cm³/mol. The molecule has 0 saturated heterocycles. The van der Waals surface area contributed by atoms with E-state index in [2.05, 4.69) is 0 Å². The van der Waals surface area contributed by atoms with Gasteiger partial charge >= 0.3 is 0 Å². The lowest BCUT2D eigenvalue weighted by Gasteiger charge is -2.08. The van der Waals surface area contributed by atoms with Crippen molar-refractivity contribution in [3.05, 3.63) is 63.5 Å². The Kier molecular flexibility index (Phi) is 4.32. The van der Waals surface area contributed by atoms with Crippen LogP contribution in [0.15, 0.2) is 41.3 Å². The summed E-state index contributed by atoms with van der Waals surface area (Å²) < 4.78 is 25.6. The number of nitro benzene ring substituents is 1. The average molecular weight is 308 g/mol. The van der Waals surface area contributed by atoms with Crippen LogP contribution in [0, 0.1) is 22.9 Å². The van der Waals surface area contributed by atoms with Gasteiger partial charge in [0.2, 0.25) is 0 Å². The third-order valence-electron chi connectivity index (χ3n) is 3.10. The minimum absolute atomic E-state index is 0.0974. The van der Waals surface area contributed by atoms with Crippen LogP contribution in [0.1, 0.15) is 11.1 Å². The molecule has 2 aromatic rings. The minimum atomic E-state index is -1.54. The Labute approximate surface area is 123 Å². The van der Waals surface area contributed by atoms with E-state index < -0.39 is 21.5 Å². The number of benzene rings is 2. The van der Waals surface area contributed by atoms with Crippen LogP contribution < -0.4 is 5.73 Å². The van der Waals surface area contributed by atoms with Crippen molar-refractivity contribution in [2.24, 2.45) is 0 Å². The zero-order valence-corrected chi connectivity index (χ0v) is 12.0. The summed E-state index contributed by atoms with van der Waals surface area (Å²) >= 11 is 0. The van der Waals surface area contributed by atoms with Crippen molar-refractivity contribution in [2.45, 2.75) is 17.6 Å². The van der Waals surface area contributed by atoms with Gasteiger partial charge in [0.1, 0.15) is 5.82 Å². The monoisotopic (exact) mass is 308 g/mol. The van der Waals surface area contributed by atoms with Crippen molar-refractivity contribution in [2.75, 3.05) is 5.73 Å². The molecule has 0 aliphatic carbocycles. The Bertz CT molecular complexity index is 734. The molecule has 5 nitrogen and oxygen atoms in total. The van der Waals surface area contributed by atoms with Gasteiger partial charge in [0.25, 0.3) is 5.69 Å². The van der Waals surface area contributed by atoms with Crippen molar-refractivity contribution in [3.63, 3.8) is 0 Å². The molecule has 0 aliphatic heterocycles. The number of nitro groups is 1. The molecule has 0 heterocycles. The first-order valence-electron chi connectivity index (χ1n) is 6.06. The van der Waals surface area contributed by atoms with Gasteiger partial charge in [-0.05, 0) is 36.8 Å². The fourth-order valence-corrected chi connectivity index (χ4v) is 3.30. The highest BCUT2D eigenvalue weighted by Crippen LogP contribution is 2.25. The largest absolute Gasteiger partial charge is 0.398 e. The van der Waals surface area contributed by atoms with E-state index in [1.54, 1.807) is 25.1 Å². The zero-order chi connectivity index (χ0) is 15.6. The quantitative estimate of drug-likeness (QED) is 0.534. The van der Waals surface area contributed by atoms with Gasteiger partial charge in [-0.15, -0.1) is 0 Å². The second-order valence-electron chi connectivity index (χ2n) is 4.49. The molecule has 0 aliphatic rings. The van der Waals surface area contributed by atoms with Crippen LogP contribution in [-0.4, -0.2) is 9.13 Å². The lowest BCUT2D eigenvalue weighted by Crippen LogP contribution is -2.04. The van der Waals surface area contributed by atoms with Gasteiger partial charge in [0.05, 0.1) is 21.5 Å². The smallest absolute Gasteiger partial charge is 0.273 e. The van der Waals surface area contributed by atoms with E-state index >= 15 is 0 Å². The minimum Gasteiger partial charge on any atom is -0.398 e. The van der Waals surface area contributed by atoms with E-state index in [1.807, 2.05) is 0 Å². The number of halogens is 1. The number of anilines is 1. The molecule has 1 unspecified atom stereocenters. The van der Waals surface area contributed by atoms with E-state index in [0.29, 0.717) is 16.1 Å². The van der Waals surface area contributed by atoms with Gasteiger partial charge in [0.15, 0.2) is 0 Å². The van der Waals surface area contributed by atoms with E-state index in [4.69, 9.17) is 5.73 Å². The first-order chi connectivity index (χ1) is 9.90. The maximum atomic E-state index is 13.3. The number of nitrogen functional groups attached to an aromatic ring is 1. The summed E-state index contributed by atoms with van der Waals surface area (Å²) in [6, 6.07) is 8.12. The zero-order valence-electron chi connectivity index (χ0n) is 11.2. The molecule has 0 saturated carbocycles. The van der Waals surface area contributed by atoms with Gasteiger partial charge in [-0.2, -0.15) is 0 Å². The Morgan fingerprint density at radius 1 is 1.33 bits per heavy atom. The van der Waals surface area contributed by atoms with E-state index in [0.717, 1.165) is 18.2 Å². The lowest BCUT2D eigenvalue weighted by atomic mass is 10.2. The van der Waals surface area contributed by atoms with Gasteiger partial charge in [-0.3, -0.25) is 14.3 Å². The molecule has 2 N–H and O–H groups in total.